The molecule has 1 N–H and O–H groups in total. The molecule has 156 valence electrons. The van der Waals surface area contributed by atoms with Crippen molar-refractivity contribution < 1.29 is 24.2 Å². The third-order valence-electron chi connectivity index (χ3n) is 9.17. The number of fused-ring (bicyclic) bond motifs is 5. The summed E-state index contributed by atoms with van der Waals surface area (Å²) in [5.41, 5.74) is 0.223. The highest BCUT2D eigenvalue weighted by molar-refractivity contribution is 5.87. The number of ether oxygens (including phenoxy) is 1. The minimum absolute atomic E-state index is 0.0350. The lowest BCUT2D eigenvalue weighted by Gasteiger charge is -2.60. The topological polar surface area (TPSA) is 80.7 Å². The van der Waals surface area contributed by atoms with Crippen LogP contribution in [0.4, 0.5) is 0 Å². The second-order valence-electron chi connectivity index (χ2n) is 10.4. The van der Waals surface area contributed by atoms with Gasteiger partial charge in [-0.05, 0) is 80.5 Å². The van der Waals surface area contributed by atoms with E-state index in [9.17, 15) is 14.4 Å². The Morgan fingerprint density at radius 1 is 1.04 bits per heavy atom. The summed E-state index contributed by atoms with van der Waals surface area (Å²) in [7, 11) is 0. The van der Waals surface area contributed by atoms with Crippen molar-refractivity contribution >= 4 is 17.7 Å². The van der Waals surface area contributed by atoms with Gasteiger partial charge in [0.1, 0.15) is 11.9 Å². The zero-order valence-corrected chi connectivity index (χ0v) is 17.2. The van der Waals surface area contributed by atoms with Crippen LogP contribution in [0.25, 0.3) is 0 Å². The Labute approximate surface area is 167 Å². The Hall–Kier alpha value is -1.39. The number of rotatable bonds is 4. The predicted octanol–water partition coefficient (Wildman–Crippen LogP) is 4.37. The fourth-order valence-corrected chi connectivity index (χ4v) is 7.55. The van der Waals surface area contributed by atoms with Crippen molar-refractivity contribution in [1.29, 1.82) is 0 Å². The van der Waals surface area contributed by atoms with E-state index in [2.05, 4.69) is 13.8 Å². The molecule has 0 aromatic rings. The number of Topliss-reactive ketones (excluding diaryl/α,β-unsaturated/α-hetero) is 1. The summed E-state index contributed by atoms with van der Waals surface area (Å²) in [6, 6.07) is 0. The third-order valence-corrected chi connectivity index (χ3v) is 9.17. The van der Waals surface area contributed by atoms with Crippen molar-refractivity contribution in [2.75, 3.05) is 0 Å². The maximum Gasteiger partial charge on any atom is 0.306 e. The van der Waals surface area contributed by atoms with Crippen molar-refractivity contribution in [3.63, 3.8) is 0 Å². The number of hydrogen-bond acceptors (Lipinski definition) is 4. The quantitative estimate of drug-likeness (QED) is 0.721. The fraction of sp³-hybridized carbons (Fsp3) is 0.870. The minimum Gasteiger partial charge on any atom is -0.481 e. The average molecular weight is 391 g/mol. The van der Waals surface area contributed by atoms with Gasteiger partial charge < -0.3 is 9.84 Å². The van der Waals surface area contributed by atoms with Crippen molar-refractivity contribution in [3.05, 3.63) is 0 Å². The molecule has 0 aromatic carbocycles. The average Bonchev–Trinajstić information content (AvgIpc) is 2.95. The van der Waals surface area contributed by atoms with Gasteiger partial charge in [0.2, 0.25) is 0 Å². The van der Waals surface area contributed by atoms with Crippen molar-refractivity contribution in [2.24, 2.45) is 34.5 Å². The van der Waals surface area contributed by atoms with Crippen LogP contribution in [0.5, 0.6) is 0 Å². The van der Waals surface area contributed by atoms with Crippen LogP contribution < -0.4 is 0 Å². The lowest BCUT2D eigenvalue weighted by Crippen LogP contribution is -2.54. The normalized spacial score (nSPS) is 44.9. The first-order valence-corrected chi connectivity index (χ1v) is 11.2. The Kier molecular flexibility index (Phi) is 5.08. The number of ketones is 1. The number of aliphatic carboxylic acids is 1. The summed E-state index contributed by atoms with van der Waals surface area (Å²) >= 11 is 0. The summed E-state index contributed by atoms with van der Waals surface area (Å²) in [5, 5.41) is 8.74. The number of carboxylic acid groups (broad SMARTS) is 1. The molecule has 0 bridgehead atoms. The van der Waals surface area contributed by atoms with Gasteiger partial charge in [-0.15, -0.1) is 0 Å². The summed E-state index contributed by atoms with van der Waals surface area (Å²) in [6.07, 6.45) is 9.08. The molecule has 0 aromatic heterocycles. The van der Waals surface area contributed by atoms with E-state index in [0.29, 0.717) is 34.9 Å². The summed E-state index contributed by atoms with van der Waals surface area (Å²) in [6.45, 7) is 4.68. The highest BCUT2D eigenvalue weighted by atomic mass is 16.5. The van der Waals surface area contributed by atoms with E-state index < -0.39 is 5.97 Å². The van der Waals surface area contributed by atoms with E-state index in [1.54, 1.807) is 0 Å². The number of esters is 1. The molecule has 4 aliphatic carbocycles. The van der Waals surface area contributed by atoms with Gasteiger partial charge in [-0.2, -0.15) is 0 Å². The Bertz CT molecular complexity index is 672. The van der Waals surface area contributed by atoms with Crippen LogP contribution in [0.2, 0.25) is 0 Å². The Morgan fingerprint density at radius 2 is 1.82 bits per heavy atom. The second kappa shape index (κ2) is 7.14. The van der Waals surface area contributed by atoms with Crippen LogP contribution in [0.1, 0.15) is 84.5 Å². The molecule has 0 heterocycles. The molecule has 0 aliphatic heterocycles. The van der Waals surface area contributed by atoms with Crippen LogP contribution >= 0.6 is 0 Å². The lowest BCUT2D eigenvalue weighted by atomic mass is 9.45. The first-order valence-electron chi connectivity index (χ1n) is 11.2. The van der Waals surface area contributed by atoms with Crippen LogP contribution in [0.15, 0.2) is 0 Å². The molecule has 5 nitrogen and oxygen atoms in total. The number of hydrogen-bond donors (Lipinski definition) is 1. The van der Waals surface area contributed by atoms with Crippen molar-refractivity contribution in [3.8, 4) is 0 Å². The van der Waals surface area contributed by atoms with Crippen LogP contribution in [-0.2, 0) is 19.1 Å². The van der Waals surface area contributed by atoms with Gasteiger partial charge in [0.25, 0.3) is 0 Å². The van der Waals surface area contributed by atoms with Crippen LogP contribution in [0.3, 0.4) is 0 Å². The minimum atomic E-state index is -0.957. The highest BCUT2D eigenvalue weighted by Crippen LogP contribution is 2.65. The molecule has 28 heavy (non-hydrogen) atoms. The van der Waals surface area contributed by atoms with Gasteiger partial charge in [0, 0.05) is 11.8 Å². The largest absolute Gasteiger partial charge is 0.481 e. The second-order valence-corrected chi connectivity index (χ2v) is 10.4. The lowest BCUT2D eigenvalue weighted by molar-refractivity contribution is -0.163. The zero-order valence-electron chi connectivity index (χ0n) is 17.2. The van der Waals surface area contributed by atoms with Gasteiger partial charge in [-0.3, -0.25) is 14.4 Å². The van der Waals surface area contributed by atoms with E-state index in [4.69, 9.17) is 9.84 Å². The van der Waals surface area contributed by atoms with E-state index in [1.807, 2.05) is 0 Å². The summed E-state index contributed by atoms with van der Waals surface area (Å²) in [5.74, 6) is 1.69. The predicted molar refractivity (Wildman–Crippen MR) is 103 cm³/mol. The smallest absolute Gasteiger partial charge is 0.306 e. The van der Waals surface area contributed by atoms with E-state index in [-0.39, 0.29) is 30.3 Å². The highest BCUT2D eigenvalue weighted by Gasteiger charge is 2.60. The first-order chi connectivity index (χ1) is 13.2. The molecule has 0 saturated heterocycles. The van der Waals surface area contributed by atoms with Gasteiger partial charge in [-0.25, -0.2) is 0 Å². The molecule has 0 amide bonds. The molecule has 4 aliphatic rings. The third kappa shape index (κ3) is 3.19. The van der Waals surface area contributed by atoms with Gasteiger partial charge in [-0.1, -0.05) is 13.8 Å². The van der Waals surface area contributed by atoms with Gasteiger partial charge in [0.15, 0.2) is 0 Å². The van der Waals surface area contributed by atoms with Gasteiger partial charge >= 0.3 is 11.9 Å². The van der Waals surface area contributed by atoms with E-state index >= 15 is 0 Å². The molecule has 4 fully saturated rings. The van der Waals surface area contributed by atoms with Crippen molar-refractivity contribution in [1.82, 2.24) is 0 Å². The van der Waals surface area contributed by atoms with E-state index in [0.717, 1.165) is 38.5 Å². The van der Waals surface area contributed by atoms with Crippen LogP contribution in [0, 0.1) is 34.5 Å². The molecule has 4 rings (SSSR count). The Balaban J connectivity index is 1.41. The van der Waals surface area contributed by atoms with E-state index in [1.165, 1.54) is 19.3 Å². The maximum atomic E-state index is 12.5. The fourth-order valence-electron chi connectivity index (χ4n) is 7.55. The molecule has 4 saturated carbocycles. The Morgan fingerprint density at radius 3 is 2.57 bits per heavy atom. The first kappa shape index (κ1) is 19.9. The molecule has 7 atom stereocenters. The summed E-state index contributed by atoms with van der Waals surface area (Å²) in [4.78, 5) is 35.1. The maximum absolute atomic E-state index is 12.5. The standard InChI is InChI=1S/C23H34O5/c1-22-11-9-15(28-21(27)8-7-20(25)26)13-14(22)3-4-16-17-5-6-19(24)23(17,2)12-10-18(16)22/h14-18H,3-13H2,1-2H3,(H,25,26)/t14-,15-,16-,17+,18-,22-,23-/m0/s1. The molecule has 5 heteroatoms. The molecular formula is C23H34O5. The SMILES string of the molecule is C[C@]12CC[C@H](OC(=O)CCC(=O)O)C[C@@H]1CC[C@H]1[C@H]3CCC(=O)[C@@]3(C)CC[C@@H]12. The molecule has 0 unspecified atom stereocenters. The zero-order chi connectivity index (χ0) is 20.1. The molecule has 0 spiro atoms. The number of carboxylic acids is 1. The number of carbonyl (C=O) groups excluding carboxylic acids is 2. The van der Waals surface area contributed by atoms with Crippen molar-refractivity contribution in [2.45, 2.75) is 90.6 Å². The monoisotopic (exact) mass is 390 g/mol. The number of carbonyl (C=O) groups is 3. The molecule has 0 radical (unpaired) electrons. The molecular weight excluding hydrogens is 356 g/mol. The summed E-state index contributed by atoms with van der Waals surface area (Å²) < 4.78 is 5.62. The van der Waals surface area contributed by atoms with Crippen LogP contribution in [-0.4, -0.2) is 28.9 Å². The van der Waals surface area contributed by atoms with Gasteiger partial charge in [0.05, 0.1) is 12.8 Å².